The summed E-state index contributed by atoms with van der Waals surface area (Å²) in [6.45, 7) is 18.5. The molecule has 2 heterocycles. The summed E-state index contributed by atoms with van der Waals surface area (Å²) in [5.74, 6) is 1.97. The van der Waals surface area contributed by atoms with Crippen LogP contribution in [0.3, 0.4) is 0 Å². The molecule has 13 nitrogen and oxygen atoms in total. The molecule has 0 aliphatic carbocycles. The first-order valence-corrected chi connectivity index (χ1v) is 22.4. The van der Waals surface area contributed by atoms with E-state index in [0.29, 0.717) is 98.1 Å². The first-order chi connectivity index (χ1) is 31.4. The molecular formula is C51H65NO12. The lowest BCUT2D eigenvalue weighted by Gasteiger charge is -2.40. The Kier molecular flexibility index (Phi) is 19.8. The number of aromatic nitrogens is 1. The third-order valence-corrected chi connectivity index (χ3v) is 10.8. The fourth-order valence-electron chi connectivity index (χ4n) is 6.98. The van der Waals surface area contributed by atoms with E-state index in [1.165, 1.54) is 0 Å². The van der Waals surface area contributed by atoms with Crippen LogP contribution in [0.1, 0.15) is 33.6 Å². The van der Waals surface area contributed by atoms with Crippen molar-refractivity contribution in [1.82, 2.24) is 4.57 Å². The Morgan fingerprint density at radius 3 is 1.55 bits per heavy atom. The molecule has 64 heavy (non-hydrogen) atoms. The van der Waals surface area contributed by atoms with E-state index in [-0.39, 0.29) is 12.0 Å². The smallest absolute Gasteiger partial charge is 0.333 e. The van der Waals surface area contributed by atoms with Crippen molar-refractivity contribution in [2.24, 2.45) is 5.41 Å². The average Bonchev–Trinajstić information content (AvgIpc) is 3.62. The molecule has 1 aliphatic rings. The summed E-state index contributed by atoms with van der Waals surface area (Å²) in [6, 6.07) is 29.3. The first-order valence-electron chi connectivity index (χ1n) is 22.4. The van der Waals surface area contributed by atoms with Gasteiger partial charge < -0.3 is 56.7 Å². The fourth-order valence-corrected chi connectivity index (χ4v) is 6.98. The van der Waals surface area contributed by atoms with Crippen molar-refractivity contribution in [1.29, 1.82) is 0 Å². The van der Waals surface area contributed by atoms with Crippen LogP contribution in [-0.2, 0) is 42.7 Å². The normalized spacial score (nSPS) is 13.2. The van der Waals surface area contributed by atoms with Gasteiger partial charge in [0.15, 0.2) is 0 Å². The molecule has 6 rings (SSSR count). The van der Waals surface area contributed by atoms with Crippen LogP contribution in [0.5, 0.6) is 17.2 Å². The van der Waals surface area contributed by atoms with Crippen LogP contribution >= 0.6 is 0 Å². The van der Waals surface area contributed by atoms with Crippen molar-refractivity contribution in [2.45, 2.75) is 33.6 Å². The minimum absolute atomic E-state index is 0.0738. The molecule has 4 aromatic carbocycles. The molecule has 5 aromatic rings. The maximum absolute atomic E-state index is 11.4. The van der Waals surface area contributed by atoms with Crippen molar-refractivity contribution in [2.75, 3.05) is 119 Å². The lowest BCUT2D eigenvalue weighted by atomic mass is 9.84. The van der Waals surface area contributed by atoms with Gasteiger partial charge >= 0.3 is 5.97 Å². The molecule has 1 aliphatic heterocycles. The molecule has 0 N–H and O–H groups in total. The maximum atomic E-state index is 11.4. The molecular weight excluding hydrogens is 819 g/mol. The van der Waals surface area contributed by atoms with Gasteiger partial charge in [0.1, 0.15) is 37.1 Å². The maximum Gasteiger partial charge on any atom is 0.333 e. The monoisotopic (exact) mass is 883 g/mol. The largest absolute Gasteiger partial charge is 0.493 e. The summed E-state index contributed by atoms with van der Waals surface area (Å²) in [5, 5.41) is 2.23. The summed E-state index contributed by atoms with van der Waals surface area (Å²) >= 11 is 0. The van der Waals surface area contributed by atoms with E-state index in [1.54, 1.807) is 6.92 Å². The number of fused-ring (bicyclic) bond motifs is 3. The van der Waals surface area contributed by atoms with Crippen LogP contribution in [0.2, 0.25) is 0 Å². The van der Waals surface area contributed by atoms with E-state index in [4.69, 9.17) is 52.1 Å². The first kappa shape index (κ1) is 48.5. The SMILES string of the molecule is C=C(C)C(=O)OCCOCCOCCOCCOc1ccc(-n2c3ccc(OCC4(CC)COC4)cc3c3cc(-c4ccc(OCCOCCOCCOCCC)cc4)ccc32)cc1. The topological polar surface area (TPSA) is 124 Å². The Hall–Kier alpha value is -4.99. The van der Waals surface area contributed by atoms with E-state index in [0.717, 1.165) is 88.5 Å². The molecule has 0 saturated carbocycles. The number of hydrogen-bond acceptors (Lipinski definition) is 12. The van der Waals surface area contributed by atoms with Gasteiger partial charge in [0.2, 0.25) is 0 Å². The summed E-state index contributed by atoms with van der Waals surface area (Å²) < 4.78 is 64.5. The number of hydrogen-bond donors (Lipinski definition) is 0. The molecule has 0 amide bonds. The van der Waals surface area contributed by atoms with Gasteiger partial charge in [-0.15, -0.1) is 0 Å². The predicted octanol–water partition coefficient (Wildman–Crippen LogP) is 8.64. The summed E-state index contributed by atoms with van der Waals surface area (Å²) in [5.41, 5.74) is 5.82. The highest BCUT2D eigenvalue weighted by atomic mass is 16.6. The van der Waals surface area contributed by atoms with Crippen molar-refractivity contribution in [3.8, 4) is 34.1 Å². The van der Waals surface area contributed by atoms with Gasteiger partial charge in [-0.25, -0.2) is 4.79 Å². The second-order valence-corrected chi connectivity index (χ2v) is 15.7. The number of carbonyl (C=O) groups is 1. The molecule has 1 saturated heterocycles. The zero-order valence-electron chi connectivity index (χ0n) is 37.8. The Bertz CT molecular complexity index is 2160. The number of benzene rings is 4. The summed E-state index contributed by atoms with van der Waals surface area (Å²) in [4.78, 5) is 11.4. The lowest BCUT2D eigenvalue weighted by molar-refractivity contribution is -0.140. The van der Waals surface area contributed by atoms with E-state index in [2.05, 4.69) is 85.7 Å². The van der Waals surface area contributed by atoms with Gasteiger partial charge in [-0.1, -0.05) is 38.6 Å². The highest BCUT2D eigenvalue weighted by Gasteiger charge is 2.37. The molecule has 0 unspecified atom stereocenters. The van der Waals surface area contributed by atoms with E-state index < -0.39 is 5.97 Å². The van der Waals surface area contributed by atoms with Crippen molar-refractivity contribution in [3.63, 3.8) is 0 Å². The number of esters is 1. The molecule has 1 aromatic heterocycles. The zero-order chi connectivity index (χ0) is 44.8. The number of ether oxygens (including phenoxy) is 11. The third kappa shape index (κ3) is 14.5. The number of carbonyl (C=O) groups excluding carboxylic acids is 1. The molecule has 0 atom stereocenters. The second kappa shape index (κ2) is 26.1. The van der Waals surface area contributed by atoms with Crippen LogP contribution in [0.4, 0.5) is 0 Å². The van der Waals surface area contributed by atoms with E-state index in [9.17, 15) is 4.79 Å². The van der Waals surface area contributed by atoms with Crippen LogP contribution in [-0.4, -0.2) is 129 Å². The van der Waals surface area contributed by atoms with E-state index >= 15 is 0 Å². The van der Waals surface area contributed by atoms with Crippen LogP contribution < -0.4 is 14.2 Å². The standard InChI is InChI=1S/C51H65NO12/c1-5-19-54-20-21-55-22-25-57-28-31-61-43-12-7-40(8-13-43)41-9-17-48-46(34-41)47-35-45(64-38-51(6-2)36-60-37-51)16-18-49(47)52(48)42-10-14-44(15-11-42)62-32-29-58-26-23-56-24-27-59-30-33-63-50(53)39(3)4/h7-18,34-35H,3,5-6,19-33,36-38H2,1-2,4H3. The van der Waals surface area contributed by atoms with Crippen molar-refractivity contribution < 1.29 is 56.9 Å². The van der Waals surface area contributed by atoms with Gasteiger partial charge in [-0.05, 0) is 97.6 Å². The van der Waals surface area contributed by atoms with Gasteiger partial charge in [0, 0.05) is 28.6 Å². The number of nitrogens with zero attached hydrogens (tertiary/aromatic N) is 1. The van der Waals surface area contributed by atoms with Gasteiger partial charge in [-0.3, -0.25) is 0 Å². The third-order valence-electron chi connectivity index (χ3n) is 10.8. The minimum Gasteiger partial charge on any atom is -0.493 e. The quantitative estimate of drug-likeness (QED) is 0.0233. The van der Waals surface area contributed by atoms with Crippen molar-refractivity contribution >= 4 is 27.8 Å². The minimum atomic E-state index is -0.417. The molecule has 1 fully saturated rings. The molecule has 0 bridgehead atoms. The Morgan fingerprint density at radius 2 is 1.03 bits per heavy atom. The van der Waals surface area contributed by atoms with E-state index in [1.807, 2.05) is 24.3 Å². The predicted molar refractivity (Wildman–Crippen MR) is 247 cm³/mol. The molecule has 13 heteroatoms. The molecule has 346 valence electrons. The van der Waals surface area contributed by atoms with Gasteiger partial charge in [0.05, 0.1) is 109 Å². The fraction of sp³-hybridized carbons (Fsp3) is 0.471. The van der Waals surface area contributed by atoms with Crippen LogP contribution in [0.15, 0.2) is 97.1 Å². The van der Waals surface area contributed by atoms with Crippen molar-refractivity contribution in [3.05, 3.63) is 97.1 Å². The Labute approximate surface area is 377 Å². The van der Waals surface area contributed by atoms with Crippen LogP contribution in [0.25, 0.3) is 38.6 Å². The Morgan fingerprint density at radius 1 is 0.562 bits per heavy atom. The van der Waals surface area contributed by atoms with Crippen LogP contribution in [0, 0.1) is 5.41 Å². The average molecular weight is 884 g/mol. The lowest BCUT2D eigenvalue weighted by Crippen LogP contribution is -2.46. The number of rotatable bonds is 32. The highest BCUT2D eigenvalue weighted by Crippen LogP contribution is 2.38. The summed E-state index contributed by atoms with van der Waals surface area (Å²) in [6.07, 6.45) is 2.02. The molecule has 0 spiro atoms. The van der Waals surface area contributed by atoms with Gasteiger partial charge in [-0.2, -0.15) is 0 Å². The summed E-state index contributed by atoms with van der Waals surface area (Å²) in [7, 11) is 0. The zero-order valence-corrected chi connectivity index (χ0v) is 37.8. The molecule has 0 radical (unpaired) electrons. The second-order valence-electron chi connectivity index (χ2n) is 15.7. The highest BCUT2D eigenvalue weighted by molar-refractivity contribution is 6.11. The Balaban J connectivity index is 1.02. The van der Waals surface area contributed by atoms with Gasteiger partial charge in [0.25, 0.3) is 0 Å².